The first-order valence-electron chi connectivity index (χ1n) is 7.89. The molecule has 2 atom stereocenters. The standard InChI is InChI=1S/C15H29N3O.ClH/c1-13-4-3-5-14(2)18(12-13)9-6-15(19)17-10-7-16-8-11-17;/h13-14,16H,3-12H2,1-2H3;1H. The van der Waals surface area contributed by atoms with Crippen molar-refractivity contribution in [3.05, 3.63) is 0 Å². The number of nitrogens with zero attached hydrogens (tertiary/aromatic N) is 2. The van der Waals surface area contributed by atoms with Gasteiger partial charge in [-0.25, -0.2) is 0 Å². The largest absolute Gasteiger partial charge is 0.340 e. The number of nitrogens with one attached hydrogen (secondary N) is 1. The third-order valence-electron chi connectivity index (χ3n) is 4.57. The van der Waals surface area contributed by atoms with Crippen LogP contribution in [0.1, 0.15) is 39.5 Å². The van der Waals surface area contributed by atoms with E-state index in [1.54, 1.807) is 0 Å². The Bertz CT molecular complexity index is 295. The van der Waals surface area contributed by atoms with E-state index < -0.39 is 0 Å². The van der Waals surface area contributed by atoms with Gasteiger partial charge in [-0.05, 0) is 25.7 Å². The molecule has 0 saturated carbocycles. The van der Waals surface area contributed by atoms with E-state index in [9.17, 15) is 4.79 Å². The fraction of sp³-hybridized carbons (Fsp3) is 0.933. The van der Waals surface area contributed by atoms with Gasteiger partial charge in [0, 0.05) is 51.7 Å². The lowest BCUT2D eigenvalue weighted by molar-refractivity contribution is -0.132. The fourth-order valence-corrected chi connectivity index (χ4v) is 3.24. The highest BCUT2D eigenvalue weighted by Gasteiger charge is 2.22. The van der Waals surface area contributed by atoms with Crippen molar-refractivity contribution in [2.45, 2.75) is 45.6 Å². The first-order chi connectivity index (χ1) is 9.16. The van der Waals surface area contributed by atoms with Gasteiger partial charge in [-0.1, -0.05) is 13.3 Å². The lowest BCUT2D eigenvalue weighted by Gasteiger charge is -2.31. The van der Waals surface area contributed by atoms with E-state index in [0.717, 1.165) is 45.2 Å². The lowest BCUT2D eigenvalue weighted by atomic mass is 10.1. The van der Waals surface area contributed by atoms with Crippen molar-refractivity contribution in [3.63, 3.8) is 0 Å². The summed E-state index contributed by atoms with van der Waals surface area (Å²) in [4.78, 5) is 16.7. The molecule has 2 fully saturated rings. The molecule has 1 N–H and O–H groups in total. The highest BCUT2D eigenvalue weighted by molar-refractivity contribution is 5.85. The quantitative estimate of drug-likeness (QED) is 0.863. The molecule has 0 aromatic heterocycles. The molecule has 0 aromatic rings. The zero-order valence-corrected chi connectivity index (χ0v) is 13.8. The van der Waals surface area contributed by atoms with Crippen molar-refractivity contribution in [3.8, 4) is 0 Å². The zero-order valence-electron chi connectivity index (χ0n) is 12.9. The van der Waals surface area contributed by atoms with Crippen LogP contribution in [0.4, 0.5) is 0 Å². The minimum atomic E-state index is 0. The van der Waals surface area contributed by atoms with Crippen molar-refractivity contribution in [2.75, 3.05) is 39.3 Å². The second-order valence-corrected chi connectivity index (χ2v) is 6.26. The maximum absolute atomic E-state index is 12.2. The van der Waals surface area contributed by atoms with E-state index in [4.69, 9.17) is 0 Å². The molecule has 2 unspecified atom stereocenters. The molecule has 20 heavy (non-hydrogen) atoms. The van der Waals surface area contributed by atoms with E-state index in [0.29, 0.717) is 18.4 Å². The highest BCUT2D eigenvalue weighted by atomic mass is 35.5. The zero-order chi connectivity index (χ0) is 13.7. The van der Waals surface area contributed by atoms with E-state index >= 15 is 0 Å². The topological polar surface area (TPSA) is 35.6 Å². The molecule has 2 aliphatic heterocycles. The summed E-state index contributed by atoms with van der Waals surface area (Å²) in [5.41, 5.74) is 0. The average molecular weight is 304 g/mol. The van der Waals surface area contributed by atoms with Gasteiger partial charge in [-0.2, -0.15) is 0 Å². The summed E-state index contributed by atoms with van der Waals surface area (Å²) in [5.74, 6) is 1.12. The molecule has 2 aliphatic rings. The monoisotopic (exact) mass is 303 g/mol. The van der Waals surface area contributed by atoms with Gasteiger partial charge < -0.3 is 10.2 Å². The number of piperazine rings is 1. The second-order valence-electron chi connectivity index (χ2n) is 6.26. The number of likely N-dealkylation sites (tertiary alicyclic amines) is 1. The summed E-state index contributed by atoms with van der Waals surface area (Å²) in [6, 6.07) is 0.640. The molecule has 0 bridgehead atoms. The molecule has 5 heteroatoms. The first-order valence-corrected chi connectivity index (χ1v) is 7.89. The van der Waals surface area contributed by atoms with Crippen LogP contribution in [0, 0.1) is 5.92 Å². The summed E-state index contributed by atoms with van der Waals surface area (Å²) < 4.78 is 0. The number of hydrogen-bond donors (Lipinski definition) is 1. The molecule has 2 heterocycles. The molecule has 4 nitrogen and oxygen atoms in total. The van der Waals surface area contributed by atoms with Gasteiger partial charge >= 0.3 is 0 Å². The molecule has 1 amide bonds. The minimum Gasteiger partial charge on any atom is -0.340 e. The van der Waals surface area contributed by atoms with Crippen molar-refractivity contribution in [1.29, 1.82) is 0 Å². The first kappa shape index (κ1) is 17.7. The number of carbonyl (C=O) groups excluding carboxylic acids is 1. The SMILES string of the molecule is CC1CCCC(C)N(CCC(=O)N2CCNCC2)C1.Cl. The third-order valence-corrected chi connectivity index (χ3v) is 4.57. The predicted octanol–water partition coefficient (Wildman–Crippen LogP) is 1.74. The average Bonchev–Trinajstić information content (AvgIpc) is 2.58. The summed E-state index contributed by atoms with van der Waals surface area (Å²) in [6.07, 6.45) is 4.65. The molecular weight excluding hydrogens is 274 g/mol. The Hall–Kier alpha value is -0.320. The molecule has 0 aromatic carbocycles. The second kappa shape index (κ2) is 8.85. The molecule has 118 valence electrons. The number of carbonyl (C=O) groups is 1. The molecule has 0 radical (unpaired) electrons. The van der Waals surface area contributed by atoms with Crippen LogP contribution in [-0.4, -0.2) is 61.0 Å². The van der Waals surface area contributed by atoms with E-state index in [-0.39, 0.29) is 12.4 Å². The van der Waals surface area contributed by atoms with Crippen LogP contribution in [0.25, 0.3) is 0 Å². The third kappa shape index (κ3) is 5.23. The highest BCUT2D eigenvalue weighted by Crippen LogP contribution is 2.20. The van der Waals surface area contributed by atoms with Crippen LogP contribution in [-0.2, 0) is 4.79 Å². The van der Waals surface area contributed by atoms with Gasteiger partial charge in [0.1, 0.15) is 0 Å². The smallest absolute Gasteiger partial charge is 0.223 e. The Balaban J connectivity index is 0.00000200. The van der Waals surface area contributed by atoms with Crippen LogP contribution in [0.2, 0.25) is 0 Å². The maximum Gasteiger partial charge on any atom is 0.223 e. The summed E-state index contributed by atoms with van der Waals surface area (Å²) in [7, 11) is 0. The van der Waals surface area contributed by atoms with Crippen molar-refractivity contribution in [2.24, 2.45) is 5.92 Å². The van der Waals surface area contributed by atoms with Gasteiger partial charge in [-0.15, -0.1) is 12.4 Å². The molecule has 2 saturated heterocycles. The number of halogens is 1. The predicted molar refractivity (Wildman–Crippen MR) is 85.4 cm³/mol. The number of hydrogen-bond acceptors (Lipinski definition) is 3. The van der Waals surface area contributed by atoms with E-state index in [1.807, 2.05) is 4.90 Å². The number of amides is 1. The number of rotatable bonds is 3. The Kier molecular flexibility index (Phi) is 7.85. The Morgan fingerprint density at radius 3 is 2.60 bits per heavy atom. The van der Waals surface area contributed by atoms with Gasteiger partial charge in [-0.3, -0.25) is 9.69 Å². The minimum absolute atomic E-state index is 0. The lowest BCUT2D eigenvalue weighted by Crippen LogP contribution is -2.47. The van der Waals surface area contributed by atoms with Crippen LogP contribution in [0.15, 0.2) is 0 Å². The molecular formula is C15H30ClN3O. The summed E-state index contributed by atoms with van der Waals surface area (Å²) >= 11 is 0. The molecule has 0 spiro atoms. The Morgan fingerprint density at radius 1 is 1.20 bits per heavy atom. The van der Waals surface area contributed by atoms with Crippen molar-refractivity contribution in [1.82, 2.24) is 15.1 Å². The van der Waals surface area contributed by atoms with Crippen molar-refractivity contribution >= 4 is 18.3 Å². The summed E-state index contributed by atoms with van der Waals surface area (Å²) in [5, 5.41) is 3.29. The molecule has 0 aliphatic carbocycles. The summed E-state index contributed by atoms with van der Waals surface area (Å²) in [6.45, 7) is 10.4. The van der Waals surface area contributed by atoms with Gasteiger partial charge in [0.25, 0.3) is 0 Å². The Morgan fingerprint density at radius 2 is 1.90 bits per heavy atom. The van der Waals surface area contributed by atoms with Crippen LogP contribution in [0.5, 0.6) is 0 Å². The van der Waals surface area contributed by atoms with Crippen LogP contribution in [0.3, 0.4) is 0 Å². The van der Waals surface area contributed by atoms with Crippen molar-refractivity contribution < 1.29 is 4.79 Å². The van der Waals surface area contributed by atoms with Crippen LogP contribution >= 0.6 is 12.4 Å². The van der Waals surface area contributed by atoms with Gasteiger partial charge in [0.05, 0.1) is 0 Å². The fourth-order valence-electron chi connectivity index (χ4n) is 3.24. The normalized spacial score (nSPS) is 28.6. The van der Waals surface area contributed by atoms with Crippen LogP contribution < -0.4 is 5.32 Å². The Labute approximate surface area is 129 Å². The maximum atomic E-state index is 12.2. The van der Waals surface area contributed by atoms with Gasteiger partial charge in [0.2, 0.25) is 5.91 Å². The van der Waals surface area contributed by atoms with E-state index in [2.05, 4.69) is 24.1 Å². The van der Waals surface area contributed by atoms with E-state index in [1.165, 1.54) is 19.3 Å². The van der Waals surface area contributed by atoms with Gasteiger partial charge in [0.15, 0.2) is 0 Å². The molecule has 2 rings (SSSR count).